The van der Waals surface area contributed by atoms with Crippen molar-refractivity contribution in [1.29, 1.82) is 0 Å². The quantitative estimate of drug-likeness (QED) is 0.498. The second-order valence-corrected chi connectivity index (χ2v) is 3.53. The van der Waals surface area contributed by atoms with Crippen molar-refractivity contribution in [1.82, 2.24) is 0 Å². The lowest BCUT2D eigenvalue weighted by molar-refractivity contribution is -0.325. The second-order valence-electron chi connectivity index (χ2n) is 3.53. The van der Waals surface area contributed by atoms with Crippen LogP contribution >= 0.6 is 0 Å². The maximum Gasteiger partial charge on any atom is 0.522 e. The SMILES string of the molecule is O=C(O)/C=C/c1cc(F)cc(OCCOC(F)(F)F)c1. The van der Waals surface area contributed by atoms with E-state index in [4.69, 9.17) is 9.84 Å². The predicted octanol–water partition coefficient (Wildman–Crippen LogP) is 2.84. The van der Waals surface area contributed by atoms with Gasteiger partial charge in [0, 0.05) is 12.1 Å². The van der Waals surface area contributed by atoms with Crippen LogP contribution in [-0.4, -0.2) is 30.7 Å². The normalized spacial score (nSPS) is 11.8. The maximum atomic E-state index is 13.2. The Hall–Kier alpha value is -2.09. The molecule has 8 heteroatoms. The van der Waals surface area contributed by atoms with Gasteiger partial charge in [0.25, 0.3) is 0 Å². The Morgan fingerprint density at radius 1 is 1.25 bits per heavy atom. The van der Waals surface area contributed by atoms with E-state index in [0.717, 1.165) is 24.3 Å². The molecule has 0 aliphatic heterocycles. The van der Waals surface area contributed by atoms with Gasteiger partial charge in [0.1, 0.15) is 18.2 Å². The van der Waals surface area contributed by atoms with Gasteiger partial charge in [-0.3, -0.25) is 4.74 Å². The average Bonchev–Trinajstić information content (AvgIpc) is 2.30. The van der Waals surface area contributed by atoms with E-state index in [0.29, 0.717) is 0 Å². The van der Waals surface area contributed by atoms with Crippen LogP contribution in [0.5, 0.6) is 5.75 Å². The summed E-state index contributed by atoms with van der Waals surface area (Å²) in [5, 5.41) is 8.43. The molecular weight excluding hydrogens is 284 g/mol. The highest BCUT2D eigenvalue weighted by Crippen LogP contribution is 2.19. The first-order valence-corrected chi connectivity index (χ1v) is 5.31. The van der Waals surface area contributed by atoms with Crippen LogP contribution in [-0.2, 0) is 9.53 Å². The van der Waals surface area contributed by atoms with Crippen LogP contribution in [0.25, 0.3) is 6.08 Å². The third-order valence-corrected chi connectivity index (χ3v) is 1.93. The van der Waals surface area contributed by atoms with Crippen LogP contribution in [0.2, 0.25) is 0 Å². The van der Waals surface area contributed by atoms with Gasteiger partial charge in [-0.1, -0.05) is 0 Å². The Morgan fingerprint density at radius 2 is 1.95 bits per heavy atom. The molecule has 0 aromatic heterocycles. The highest BCUT2D eigenvalue weighted by Gasteiger charge is 2.28. The molecule has 0 atom stereocenters. The number of carboxylic acid groups (broad SMARTS) is 1. The summed E-state index contributed by atoms with van der Waals surface area (Å²) in [5.74, 6) is -1.94. The van der Waals surface area contributed by atoms with Crippen molar-refractivity contribution < 1.29 is 36.9 Å². The molecule has 1 aromatic carbocycles. The van der Waals surface area contributed by atoms with Gasteiger partial charge in [0.05, 0.1) is 6.61 Å². The summed E-state index contributed by atoms with van der Waals surface area (Å²) in [4.78, 5) is 10.3. The van der Waals surface area contributed by atoms with Crippen LogP contribution in [0.1, 0.15) is 5.56 Å². The van der Waals surface area contributed by atoms with Crippen molar-refractivity contribution in [3.8, 4) is 5.75 Å². The Kier molecular flexibility index (Phi) is 5.51. The highest BCUT2D eigenvalue weighted by atomic mass is 19.4. The largest absolute Gasteiger partial charge is 0.522 e. The topological polar surface area (TPSA) is 55.8 Å². The minimum absolute atomic E-state index is 0.0270. The first-order chi connectivity index (χ1) is 9.26. The summed E-state index contributed by atoms with van der Waals surface area (Å²) < 4.78 is 56.6. The van der Waals surface area contributed by atoms with Crippen LogP contribution in [0.4, 0.5) is 17.6 Å². The lowest BCUT2D eigenvalue weighted by Crippen LogP contribution is -2.18. The molecule has 0 fully saturated rings. The van der Waals surface area contributed by atoms with E-state index in [1.807, 2.05) is 0 Å². The first kappa shape index (κ1) is 16.0. The van der Waals surface area contributed by atoms with Crippen LogP contribution in [0.15, 0.2) is 24.3 Å². The minimum atomic E-state index is -4.75. The van der Waals surface area contributed by atoms with Crippen molar-refractivity contribution in [2.24, 2.45) is 0 Å². The fourth-order valence-electron chi connectivity index (χ4n) is 1.25. The molecule has 1 rings (SSSR count). The average molecular weight is 294 g/mol. The van der Waals surface area contributed by atoms with Crippen molar-refractivity contribution in [3.05, 3.63) is 35.7 Å². The van der Waals surface area contributed by atoms with Crippen molar-refractivity contribution in [2.45, 2.75) is 6.36 Å². The molecule has 0 aliphatic carbocycles. The highest BCUT2D eigenvalue weighted by molar-refractivity contribution is 5.85. The van der Waals surface area contributed by atoms with E-state index in [1.165, 1.54) is 6.07 Å². The summed E-state index contributed by atoms with van der Waals surface area (Å²) in [6.45, 7) is -1.16. The number of hydrogen-bond donors (Lipinski definition) is 1. The number of halogens is 4. The second kappa shape index (κ2) is 6.90. The van der Waals surface area contributed by atoms with E-state index in [9.17, 15) is 22.4 Å². The molecule has 1 aromatic rings. The Bertz CT molecular complexity index is 497. The molecule has 1 N–H and O–H groups in total. The number of hydrogen-bond acceptors (Lipinski definition) is 3. The molecule has 0 aliphatic rings. The van der Waals surface area contributed by atoms with Gasteiger partial charge >= 0.3 is 12.3 Å². The molecule has 0 heterocycles. The van der Waals surface area contributed by atoms with Crippen LogP contribution < -0.4 is 4.74 Å². The lowest BCUT2D eigenvalue weighted by atomic mass is 10.2. The number of rotatable bonds is 6. The van der Waals surface area contributed by atoms with Gasteiger partial charge in [-0.2, -0.15) is 0 Å². The fourth-order valence-corrected chi connectivity index (χ4v) is 1.25. The van der Waals surface area contributed by atoms with Gasteiger partial charge in [0.2, 0.25) is 0 Å². The summed E-state index contributed by atoms with van der Waals surface area (Å²) in [6.07, 6.45) is -2.82. The molecule has 110 valence electrons. The Morgan fingerprint density at radius 3 is 2.55 bits per heavy atom. The third kappa shape index (κ3) is 6.74. The standard InChI is InChI=1S/C12H10F4O4/c13-9-5-8(1-2-11(17)18)6-10(7-9)19-3-4-20-12(14,15)16/h1-2,5-7H,3-4H2,(H,17,18)/b2-1+. The van der Waals surface area contributed by atoms with Crippen LogP contribution in [0, 0.1) is 5.82 Å². The van der Waals surface area contributed by atoms with Gasteiger partial charge in [-0.25, -0.2) is 9.18 Å². The van der Waals surface area contributed by atoms with Crippen molar-refractivity contribution >= 4 is 12.0 Å². The van der Waals surface area contributed by atoms with E-state index >= 15 is 0 Å². The number of alkyl halides is 3. The van der Waals surface area contributed by atoms with E-state index in [2.05, 4.69) is 4.74 Å². The van der Waals surface area contributed by atoms with Gasteiger partial charge < -0.3 is 9.84 Å². The van der Waals surface area contributed by atoms with E-state index in [1.54, 1.807) is 0 Å². The molecule has 0 saturated carbocycles. The zero-order valence-electron chi connectivity index (χ0n) is 9.98. The van der Waals surface area contributed by atoms with E-state index < -0.39 is 31.4 Å². The molecule has 4 nitrogen and oxygen atoms in total. The molecule has 0 spiro atoms. The molecule has 0 saturated heterocycles. The molecule has 0 radical (unpaired) electrons. The number of carboxylic acids is 1. The summed E-state index contributed by atoms with van der Waals surface area (Å²) in [7, 11) is 0. The van der Waals surface area contributed by atoms with Gasteiger partial charge in [0.15, 0.2) is 0 Å². The number of benzene rings is 1. The monoisotopic (exact) mass is 294 g/mol. The number of aliphatic carboxylic acids is 1. The third-order valence-electron chi connectivity index (χ3n) is 1.93. The Balaban J connectivity index is 2.60. The molecule has 0 bridgehead atoms. The first-order valence-electron chi connectivity index (χ1n) is 5.31. The number of ether oxygens (including phenoxy) is 2. The molecule has 20 heavy (non-hydrogen) atoms. The molecular formula is C12H10F4O4. The van der Waals surface area contributed by atoms with Crippen molar-refractivity contribution in [3.63, 3.8) is 0 Å². The Labute approximate surface area is 111 Å². The van der Waals surface area contributed by atoms with E-state index in [-0.39, 0.29) is 11.3 Å². The van der Waals surface area contributed by atoms with Crippen LogP contribution in [0.3, 0.4) is 0 Å². The maximum absolute atomic E-state index is 13.2. The minimum Gasteiger partial charge on any atom is -0.491 e. The fraction of sp³-hybridized carbons (Fsp3) is 0.250. The molecule has 0 unspecified atom stereocenters. The lowest BCUT2D eigenvalue weighted by Gasteiger charge is -2.09. The predicted molar refractivity (Wildman–Crippen MR) is 60.6 cm³/mol. The van der Waals surface area contributed by atoms with Gasteiger partial charge in [-0.15, -0.1) is 13.2 Å². The summed E-state index contributed by atoms with van der Waals surface area (Å²) in [6, 6.07) is 3.31. The molecule has 0 amide bonds. The summed E-state index contributed by atoms with van der Waals surface area (Å²) >= 11 is 0. The summed E-state index contributed by atoms with van der Waals surface area (Å²) in [5.41, 5.74) is 0.208. The zero-order valence-corrected chi connectivity index (χ0v) is 9.98. The zero-order chi connectivity index (χ0) is 15.2. The number of carbonyl (C=O) groups is 1. The van der Waals surface area contributed by atoms with Crippen molar-refractivity contribution in [2.75, 3.05) is 13.2 Å². The van der Waals surface area contributed by atoms with Gasteiger partial charge in [-0.05, 0) is 23.8 Å². The smallest absolute Gasteiger partial charge is 0.491 e.